The first-order chi connectivity index (χ1) is 19.4. The number of benzene rings is 2. The number of alkyl carbamates (subject to hydrolysis) is 1. The van der Waals surface area contributed by atoms with Gasteiger partial charge in [-0.3, -0.25) is 9.59 Å². The minimum atomic E-state index is -0.874. The van der Waals surface area contributed by atoms with Crippen LogP contribution in [0.25, 0.3) is 0 Å². The van der Waals surface area contributed by atoms with E-state index in [-0.39, 0.29) is 17.7 Å². The number of ether oxygens (including phenoxy) is 1. The molecule has 2 rings (SSSR count). The van der Waals surface area contributed by atoms with Gasteiger partial charge >= 0.3 is 6.09 Å². The van der Waals surface area contributed by atoms with Crippen molar-refractivity contribution in [2.24, 2.45) is 5.92 Å². The molecule has 0 saturated carbocycles. The van der Waals surface area contributed by atoms with Crippen LogP contribution < -0.4 is 10.6 Å². The van der Waals surface area contributed by atoms with Crippen LogP contribution in [0.15, 0.2) is 48.5 Å². The molecule has 0 bridgehead atoms. The second-order valence-corrected chi connectivity index (χ2v) is 12.0. The molecule has 3 amide bonds. The number of unbranched alkanes of at least 4 members (excludes halogenated alkanes) is 4. The predicted octanol–water partition coefficient (Wildman–Crippen LogP) is 7.72. The molecule has 3 atom stereocenters. The van der Waals surface area contributed by atoms with Crippen molar-refractivity contribution in [3.8, 4) is 0 Å². The van der Waals surface area contributed by atoms with Crippen LogP contribution >= 0.6 is 0 Å². The number of hydrogen-bond donors (Lipinski definition) is 2. The average molecular weight is 566 g/mol. The fourth-order valence-corrected chi connectivity index (χ4v) is 4.86. The van der Waals surface area contributed by atoms with Gasteiger partial charge in [0.25, 0.3) is 5.91 Å². The van der Waals surface area contributed by atoms with Crippen molar-refractivity contribution in [2.45, 2.75) is 112 Å². The van der Waals surface area contributed by atoms with E-state index < -0.39 is 23.8 Å². The van der Waals surface area contributed by atoms with Crippen molar-refractivity contribution in [1.82, 2.24) is 10.2 Å². The van der Waals surface area contributed by atoms with Crippen LogP contribution in [0, 0.1) is 19.8 Å². The zero-order valence-corrected chi connectivity index (χ0v) is 26.4. The largest absolute Gasteiger partial charge is 0.444 e. The first-order valence-corrected chi connectivity index (χ1v) is 15.1. The van der Waals surface area contributed by atoms with E-state index in [9.17, 15) is 14.4 Å². The Morgan fingerprint density at radius 3 is 2.05 bits per heavy atom. The van der Waals surface area contributed by atoms with Crippen LogP contribution in [0.1, 0.15) is 103 Å². The maximum absolute atomic E-state index is 14.4. The highest BCUT2D eigenvalue weighted by Crippen LogP contribution is 2.28. The maximum atomic E-state index is 14.4. The van der Waals surface area contributed by atoms with Gasteiger partial charge in [-0.05, 0) is 63.6 Å². The van der Waals surface area contributed by atoms with Crippen LogP contribution in [-0.4, -0.2) is 41.0 Å². The van der Waals surface area contributed by atoms with Gasteiger partial charge in [0.15, 0.2) is 0 Å². The molecule has 7 heteroatoms. The lowest BCUT2D eigenvalue weighted by Gasteiger charge is -2.36. The Kier molecular flexibility index (Phi) is 13.4. The molecule has 2 aromatic carbocycles. The highest BCUT2D eigenvalue weighted by Gasteiger charge is 2.38. The van der Waals surface area contributed by atoms with Crippen LogP contribution in [0.4, 0.5) is 10.5 Å². The minimum absolute atomic E-state index is 0.171. The smallest absolute Gasteiger partial charge is 0.408 e. The molecule has 0 spiro atoms. The summed E-state index contributed by atoms with van der Waals surface area (Å²) in [5.41, 5.74) is 2.67. The molecule has 7 nitrogen and oxygen atoms in total. The lowest BCUT2D eigenvalue weighted by atomic mass is 9.95. The van der Waals surface area contributed by atoms with Crippen LogP contribution in [0.3, 0.4) is 0 Å². The maximum Gasteiger partial charge on any atom is 0.408 e. The van der Waals surface area contributed by atoms with Crippen molar-refractivity contribution >= 4 is 23.6 Å². The summed E-state index contributed by atoms with van der Waals surface area (Å²) >= 11 is 0. The summed E-state index contributed by atoms with van der Waals surface area (Å²) in [7, 11) is 0. The Morgan fingerprint density at radius 1 is 0.878 bits per heavy atom. The Labute approximate surface area is 247 Å². The van der Waals surface area contributed by atoms with Gasteiger partial charge in [0.05, 0.1) is 0 Å². The van der Waals surface area contributed by atoms with Gasteiger partial charge in [-0.15, -0.1) is 0 Å². The van der Waals surface area contributed by atoms with Gasteiger partial charge in [0, 0.05) is 12.2 Å². The van der Waals surface area contributed by atoms with E-state index in [4.69, 9.17) is 4.74 Å². The quantitative estimate of drug-likeness (QED) is 0.230. The van der Waals surface area contributed by atoms with E-state index in [1.54, 1.807) is 25.7 Å². The van der Waals surface area contributed by atoms with Crippen molar-refractivity contribution in [2.75, 3.05) is 11.9 Å². The van der Waals surface area contributed by atoms with Gasteiger partial charge in [0.1, 0.15) is 17.7 Å². The normalized spacial score (nSPS) is 13.6. The number of carbonyl (C=O) groups is 3. The Hall–Kier alpha value is -3.35. The molecular weight excluding hydrogens is 514 g/mol. The molecule has 0 saturated heterocycles. The molecule has 2 N–H and O–H groups in total. The summed E-state index contributed by atoms with van der Waals surface area (Å²) in [6, 6.07) is 13.6. The summed E-state index contributed by atoms with van der Waals surface area (Å²) in [4.78, 5) is 43.1. The van der Waals surface area contributed by atoms with E-state index in [1.165, 1.54) is 0 Å². The molecule has 0 fully saturated rings. The van der Waals surface area contributed by atoms with E-state index in [0.717, 1.165) is 54.5 Å². The van der Waals surface area contributed by atoms with Crippen LogP contribution in [-0.2, 0) is 14.3 Å². The number of para-hydroxylation sites is 1. The van der Waals surface area contributed by atoms with E-state index >= 15 is 0 Å². The van der Waals surface area contributed by atoms with Gasteiger partial charge in [-0.2, -0.15) is 0 Å². The molecule has 0 aromatic heterocycles. The number of rotatable bonds is 14. The number of aryl methyl sites for hydroxylation is 2. The fraction of sp³-hybridized carbons (Fsp3) is 0.559. The Bertz CT molecular complexity index is 1110. The predicted molar refractivity (Wildman–Crippen MR) is 167 cm³/mol. The van der Waals surface area contributed by atoms with E-state index in [2.05, 4.69) is 17.6 Å². The lowest BCUT2D eigenvalue weighted by molar-refractivity contribution is -0.142. The summed E-state index contributed by atoms with van der Waals surface area (Å²) in [5, 5.41) is 5.98. The molecule has 3 unspecified atom stereocenters. The SMILES string of the molecule is CCCCCCCN(C(=O)C(NC(=O)OC(C)(C)C)C(C)CC)C(C(=O)Nc1c(C)cccc1C)c1ccccc1. The zero-order valence-electron chi connectivity index (χ0n) is 26.4. The minimum Gasteiger partial charge on any atom is -0.444 e. The summed E-state index contributed by atoms with van der Waals surface area (Å²) in [5.74, 6) is -0.738. The van der Waals surface area contributed by atoms with Crippen molar-refractivity contribution in [3.05, 3.63) is 65.2 Å². The molecule has 41 heavy (non-hydrogen) atoms. The van der Waals surface area contributed by atoms with E-state index in [1.807, 2.05) is 76.2 Å². The molecule has 226 valence electrons. The highest BCUT2D eigenvalue weighted by molar-refractivity contribution is 6.00. The molecule has 0 aliphatic carbocycles. The second-order valence-electron chi connectivity index (χ2n) is 12.0. The Balaban J connectivity index is 2.54. The van der Waals surface area contributed by atoms with Crippen molar-refractivity contribution in [3.63, 3.8) is 0 Å². The van der Waals surface area contributed by atoms with Crippen molar-refractivity contribution < 1.29 is 19.1 Å². The Morgan fingerprint density at radius 2 is 1.49 bits per heavy atom. The number of anilines is 1. The molecule has 2 aromatic rings. The third kappa shape index (κ3) is 10.5. The molecule has 0 radical (unpaired) electrons. The fourth-order valence-electron chi connectivity index (χ4n) is 4.86. The average Bonchev–Trinajstić information content (AvgIpc) is 2.91. The number of nitrogens with one attached hydrogen (secondary N) is 2. The first kappa shape index (κ1) is 33.9. The summed E-state index contributed by atoms with van der Waals surface area (Å²) < 4.78 is 5.52. The highest BCUT2D eigenvalue weighted by atomic mass is 16.6. The number of amides is 3. The monoisotopic (exact) mass is 565 g/mol. The molecular formula is C34H51N3O4. The zero-order chi connectivity index (χ0) is 30.6. The number of carbonyl (C=O) groups excluding carboxylic acids is 3. The second kappa shape index (κ2) is 16.2. The summed E-state index contributed by atoms with van der Waals surface area (Å²) in [6.07, 6.45) is 5.03. The topological polar surface area (TPSA) is 87.7 Å². The lowest BCUT2D eigenvalue weighted by Crippen LogP contribution is -2.55. The van der Waals surface area contributed by atoms with E-state index in [0.29, 0.717) is 13.0 Å². The van der Waals surface area contributed by atoms with Crippen molar-refractivity contribution in [1.29, 1.82) is 0 Å². The third-order valence-corrected chi connectivity index (χ3v) is 7.34. The third-order valence-electron chi connectivity index (χ3n) is 7.34. The first-order valence-electron chi connectivity index (χ1n) is 15.1. The number of hydrogen-bond acceptors (Lipinski definition) is 4. The standard InChI is InChI=1S/C34H51N3O4/c1-9-11-12-13-17-23-37(32(39)29(24(3)10-2)36-33(40)41-34(6,7)8)30(27-21-15-14-16-22-27)31(38)35-28-25(4)19-18-20-26(28)5/h14-16,18-22,24,29-30H,9-13,17,23H2,1-8H3,(H,35,38)(H,36,40). The van der Waals surface area contributed by atoms with Crippen LogP contribution in [0.2, 0.25) is 0 Å². The molecule has 0 aliphatic rings. The molecule has 0 heterocycles. The van der Waals surface area contributed by atoms with Gasteiger partial charge in [-0.25, -0.2) is 4.79 Å². The van der Waals surface area contributed by atoms with Crippen LogP contribution in [0.5, 0.6) is 0 Å². The van der Waals surface area contributed by atoms with Gasteiger partial charge in [0.2, 0.25) is 5.91 Å². The molecule has 0 aliphatic heterocycles. The summed E-state index contributed by atoms with van der Waals surface area (Å²) in [6.45, 7) is 15.8. The van der Waals surface area contributed by atoms with Gasteiger partial charge in [-0.1, -0.05) is 101 Å². The van der Waals surface area contributed by atoms with Gasteiger partial charge < -0.3 is 20.3 Å². The number of nitrogens with zero attached hydrogens (tertiary/aromatic N) is 1.